The summed E-state index contributed by atoms with van der Waals surface area (Å²) in [6.45, 7) is 4.22. The van der Waals surface area contributed by atoms with Crippen LogP contribution in [-0.2, 0) is 7.05 Å². The van der Waals surface area contributed by atoms with Crippen molar-refractivity contribution in [3.05, 3.63) is 29.6 Å². The SMILES string of the molecule is Cc1cc(C)c2c(c1)ncn2C. The summed E-state index contributed by atoms with van der Waals surface area (Å²) in [5.41, 5.74) is 4.90. The van der Waals surface area contributed by atoms with Gasteiger partial charge in [0, 0.05) is 7.05 Å². The van der Waals surface area contributed by atoms with Crippen LogP contribution < -0.4 is 0 Å². The van der Waals surface area contributed by atoms with Gasteiger partial charge in [-0.15, -0.1) is 0 Å². The monoisotopic (exact) mass is 160 g/mol. The zero-order valence-corrected chi connectivity index (χ0v) is 7.63. The minimum atomic E-state index is 1.09. The summed E-state index contributed by atoms with van der Waals surface area (Å²) in [5.74, 6) is 0. The molecule has 0 N–H and O–H groups in total. The van der Waals surface area contributed by atoms with Crippen molar-refractivity contribution in [1.82, 2.24) is 9.55 Å². The molecule has 2 rings (SSSR count). The molecule has 2 heteroatoms. The van der Waals surface area contributed by atoms with E-state index in [1.54, 1.807) is 0 Å². The van der Waals surface area contributed by atoms with Gasteiger partial charge in [0.25, 0.3) is 0 Å². The van der Waals surface area contributed by atoms with Crippen molar-refractivity contribution >= 4 is 11.0 Å². The Morgan fingerprint density at radius 1 is 1.25 bits per heavy atom. The zero-order valence-electron chi connectivity index (χ0n) is 7.63. The van der Waals surface area contributed by atoms with Gasteiger partial charge in [0.05, 0.1) is 17.4 Å². The maximum atomic E-state index is 4.30. The number of imidazole rings is 1. The Labute approximate surface area is 71.8 Å². The lowest BCUT2D eigenvalue weighted by atomic mass is 10.1. The number of benzene rings is 1. The van der Waals surface area contributed by atoms with Crippen LogP contribution in [0.2, 0.25) is 0 Å². The Morgan fingerprint density at radius 3 is 2.75 bits per heavy atom. The Bertz CT molecular complexity index is 427. The molecule has 1 heterocycles. The largest absolute Gasteiger partial charge is 0.334 e. The summed E-state index contributed by atoms with van der Waals surface area (Å²) >= 11 is 0. The van der Waals surface area contributed by atoms with E-state index in [4.69, 9.17) is 0 Å². The molecule has 0 saturated carbocycles. The molecule has 12 heavy (non-hydrogen) atoms. The summed E-state index contributed by atoms with van der Waals surface area (Å²) in [5, 5.41) is 0. The highest BCUT2D eigenvalue weighted by Crippen LogP contribution is 2.17. The predicted octanol–water partition coefficient (Wildman–Crippen LogP) is 2.19. The lowest BCUT2D eigenvalue weighted by molar-refractivity contribution is 0.943. The van der Waals surface area contributed by atoms with Gasteiger partial charge in [0.2, 0.25) is 0 Å². The normalized spacial score (nSPS) is 10.9. The van der Waals surface area contributed by atoms with Crippen molar-refractivity contribution in [2.24, 2.45) is 7.05 Å². The summed E-state index contributed by atoms with van der Waals surface area (Å²) in [7, 11) is 2.03. The molecule has 1 aromatic heterocycles. The van der Waals surface area contributed by atoms with Gasteiger partial charge < -0.3 is 4.57 Å². The van der Waals surface area contributed by atoms with Crippen LogP contribution in [0.3, 0.4) is 0 Å². The van der Waals surface area contributed by atoms with Gasteiger partial charge in [-0.3, -0.25) is 0 Å². The highest BCUT2D eigenvalue weighted by atomic mass is 15.0. The average Bonchev–Trinajstić information content (AvgIpc) is 2.31. The fourth-order valence-corrected chi connectivity index (χ4v) is 1.70. The van der Waals surface area contributed by atoms with E-state index in [9.17, 15) is 0 Å². The Morgan fingerprint density at radius 2 is 2.00 bits per heavy atom. The number of hydrogen-bond acceptors (Lipinski definition) is 1. The second kappa shape index (κ2) is 2.34. The minimum Gasteiger partial charge on any atom is -0.334 e. The lowest BCUT2D eigenvalue weighted by Gasteiger charge is -2.00. The molecule has 0 unspecified atom stereocenters. The first-order valence-corrected chi connectivity index (χ1v) is 4.07. The second-order valence-corrected chi connectivity index (χ2v) is 3.31. The number of fused-ring (bicyclic) bond motifs is 1. The van der Waals surface area contributed by atoms with Crippen LogP contribution in [0, 0.1) is 13.8 Å². The van der Waals surface area contributed by atoms with Crippen LogP contribution in [0.4, 0.5) is 0 Å². The third kappa shape index (κ3) is 0.916. The molecule has 0 aliphatic heterocycles. The van der Waals surface area contributed by atoms with E-state index in [0.29, 0.717) is 0 Å². The van der Waals surface area contributed by atoms with E-state index in [2.05, 4.69) is 35.5 Å². The smallest absolute Gasteiger partial charge is 0.0955 e. The number of rotatable bonds is 0. The molecule has 0 spiro atoms. The van der Waals surface area contributed by atoms with E-state index in [0.717, 1.165) is 5.52 Å². The van der Waals surface area contributed by atoms with E-state index in [1.165, 1.54) is 16.6 Å². The fourth-order valence-electron chi connectivity index (χ4n) is 1.70. The van der Waals surface area contributed by atoms with Crippen LogP contribution in [0.15, 0.2) is 18.5 Å². The Balaban J connectivity index is 2.93. The van der Waals surface area contributed by atoms with Crippen LogP contribution in [0.5, 0.6) is 0 Å². The standard InChI is InChI=1S/C10H12N2/c1-7-4-8(2)10-9(5-7)11-6-12(10)3/h4-6H,1-3H3. The molecule has 1 aromatic carbocycles. The quantitative estimate of drug-likeness (QED) is 0.577. The first-order chi connectivity index (χ1) is 5.68. The summed E-state index contributed by atoms with van der Waals surface area (Å²) < 4.78 is 2.06. The number of aryl methyl sites for hydroxylation is 3. The number of nitrogens with zero attached hydrogens (tertiary/aromatic N) is 2. The maximum absolute atomic E-state index is 4.30. The molecule has 0 saturated heterocycles. The van der Waals surface area contributed by atoms with Crippen LogP contribution in [0.1, 0.15) is 11.1 Å². The van der Waals surface area contributed by atoms with Crippen molar-refractivity contribution in [3.8, 4) is 0 Å². The topological polar surface area (TPSA) is 17.8 Å². The van der Waals surface area contributed by atoms with Crippen molar-refractivity contribution in [2.75, 3.05) is 0 Å². The Kier molecular flexibility index (Phi) is 1.43. The zero-order chi connectivity index (χ0) is 8.72. The van der Waals surface area contributed by atoms with Crippen LogP contribution in [0.25, 0.3) is 11.0 Å². The third-order valence-corrected chi connectivity index (χ3v) is 2.15. The molecular weight excluding hydrogens is 148 g/mol. The van der Waals surface area contributed by atoms with Gasteiger partial charge >= 0.3 is 0 Å². The van der Waals surface area contributed by atoms with Gasteiger partial charge in [-0.05, 0) is 31.0 Å². The van der Waals surface area contributed by atoms with Gasteiger partial charge in [-0.25, -0.2) is 4.98 Å². The molecule has 0 amide bonds. The van der Waals surface area contributed by atoms with E-state index in [1.807, 2.05) is 13.4 Å². The highest BCUT2D eigenvalue weighted by molar-refractivity contribution is 5.79. The molecule has 0 bridgehead atoms. The molecule has 0 atom stereocenters. The lowest BCUT2D eigenvalue weighted by Crippen LogP contribution is -1.87. The summed E-state index contributed by atoms with van der Waals surface area (Å²) in [4.78, 5) is 4.30. The minimum absolute atomic E-state index is 1.09. The number of hydrogen-bond donors (Lipinski definition) is 0. The first-order valence-electron chi connectivity index (χ1n) is 4.07. The van der Waals surface area contributed by atoms with Gasteiger partial charge in [0.1, 0.15) is 0 Å². The van der Waals surface area contributed by atoms with Crippen molar-refractivity contribution < 1.29 is 0 Å². The first kappa shape index (κ1) is 7.35. The van der Waals surface area contributed by atoms with Crippen LogP contribution >= 0.6 is 0 Å². The molecular formula is C10H12N2. The van der Waals surface area contributed by atoms with Crippen LogP contribution in [-0.4, -0.2) is 9.55 Å². The van der Waals surface area contributed by atoms with E-state index in [-0.39, 0.29) is 0 Å². The van der Waals surface area contributed by atoms with Gasteiger partial charge in [0.15, 0.2) is 0 Å². The predicted molar refractivity (Wildman–Crippen MR) is 50.2 cm³/mol. The number of aromatic nitrogens is 2. The fraction of sp³-hybridized carbons (Fsp3) is 0.300. The molecule has 0 radical (unpaired) electrons. The Hall–Kier alpha value is -1.31. The van der Waals surface area contributed by atoms with Crippen molar-refractivity contribution in [3.63, 3.8) is 0 Å². The molecule has 2 aromatic rings. The maximum Gasteiger partial charge on any atom is 0.0955 e. The van der Waals surface area contributed by atoms with Crippen molar-refractivity contribution in [2.45, 2.75) is 13.8 Å². The van der Waals surface area contributed by atoms with Gasteiger partial charge in [-0.1, -0.05) is 6.07 Å². The van der Waals surface area contributed by atoms with E-state index >= 15 is 0 Å². The molecule has 0 aliphatic carbocycles. The summed E-state index contributed by atoms with van der Waals surface area (Å²) in [6.07, 6.45) is 1.86. The molecule has 0 aliphatic rings. The molecule has 0 fully saturated rings. The van der Waals surface area contributed by atoms with E-state index < -0.39 is 0 Å². The van der Waals surface area contributed by atoms with Gasteiger partial charge in [-0.2, -0.15) is 0 Å². The molecule has 62 valence electrons. The van der Waals surface area contributed by atoms with Crippen molar-refractivity contribution in [1.29, 1.82) is 0 Å². The average molecular weight is 160 g/mol. The highest BCUT2D eigenvalue weighted by Gasteiger charge is 2.02. The third-order valence-electron chi connectivity index (χ3n) is 2.15. The summed E-state index contributed by atoms with van der Waals surface area (Å²) in [6, 6.07) is 4.30. The molecule has 2 nitrogen and oxygen atoms in total. The second-order valence-electron chi connectivity index (χ2n) is 3.31.